The topological polar surface area (TPSA) is 93.4 Å². The van der Waals surface area contributed by atoms with Gasteiger partial charge >= 0.3 is 0 Å². The molecule has 226 valence electrons. The van der Waals surface area contributed by atoms with Gasteiger partial charge in [-0.3, -0.25) is 14.3 Å². The van der Waals surface area contributed by atoms with Crippen molar-refractivity contribution in [1.82, 2.24) is 28.5 Å². The van der Waals surface area contributed by atoms with E-state index in [9.17, 15) is 9.59 Å². The van der Waals surface area contributed by atoms with Gasteiger partial charge < -0.3 is 19.2 Å². The van der Waals surface area contributed by atoms with Crippen LogP contribution in [0.15, 0.2) is 48.9 Å². The van der Waals surface area contributed by atoms with Gasteiger partial charge in [0.05, 0.1) is 37.3 Å². The number of imidazole rings is 1. The normalized spacial score (nSPS) is 16.9. The number of fused-ring (bicyclic) bond motifs is 5. The van der Waals surface area contributed by atoms with Crippen LogP contribution in [0.1, 0.15) is 65.2 Å². The Balaban J connectivity index is 1.48. The number of ether oxygens (including phenoxy) is 1. The molecule has 2 amide bonds. The Morgan fingerprint density at radius 2 is 1.93 bits per heavy atom. The number of methoxy groups -OCH3 is 1. The van der Waals surface area contributed by atoms with Crippen molar-refractivity contribution >= 4 is 34.9 Å². The van der Waals surface area contributed by atoms with E-state index in [2.05, 4.69) is 37.8 Å². The van der Waals surface area contributed by atoms with Crippen LogP contribution in [-0.4, -0.2) is 51.4 Å². The lowest BCUT2D eigenvalue weighted by Crippen LogP contribution is -2.33. The summed E-state index contributed by atoms with van der Waals surface area (Å²) in [6.45, 7) is 0.892. The molecule has 43 heavy (non-hydrogen) atoms. The molecule has 6 rings (SSSR count). The molecular weight excluding hydrogens is 560 g/mol. The lowest BCUT2D eigenvalue weighted by Gasteiger charge is -2.24. The van der Waals surface area contributed by atoms with Crippen LogP contribution in [0.4, 0.5) is 0 Å². The summed E-state index contributed by atoms with van der Waals surface area (Å²) in [5, 5.41) is 4.32. The van der Waals surface area contributed by atoms with Crippen molar-refractivity contribution in [2.75, 3.05) is 21.2 Å². The predicted molar refractivity (Wildman–Crippen MR) is 171 cm³/mol. The summed E-state index contributed by atoms with van der Waals surface area (Å²) in [4.78, 5) is 31.3. The SMILES string of the molecule is COc1ccc2c(c1)CC(C(=O)NCc1cn(C)cn1)Cn1c-2c(C2CCCCC2)c2ccc(C(=O)NSN(C)C)cc21. The zero-order valence-corrected chi connectivity index (χ0v) is 26.2. The first-order valence-corrected chi connectivity index (χ1v) is 15.8. The maximum Gasteiger partial charge on any atom is 0.262 e. The Labute approximate surface area is 257 Å². The zero-order valence-electron chi connectivity index (χ0n) is 25.4. The van der Waals surface area contributed by atoms with Crippen LogP contribution in [0, 0.1) is 5.92 Å². The van der Waals surface area contributed by atoms with Gasteiger partial charge in [0.25, 0.3) is 5.91 Å². The highest BCUT2D eigenvalue weighted by Crippen LogP contribution is 2.47. The second-order valence-electron chi connectivity index (χ2n) is 11.9. The van der Waals surface area contributed by atoms with Gasteiger partial charge in [-0.25, -0.2) is 9.29 Å². The summed E-state index contributed by atoms with van der Waals surface area (Å²) in [7, 11) is 7.39. The molecule has 2 N–H and O–H groups in total. The number of rotatable bonds is 8. The van der Waals surface area contributed by atoms with E-state index in [1.165, 1.54) is 48.0 Å². The van der Waals surface area contributed by atoms with Crippen LogP contribution < -0.4 is 14.8 Å². The van der Waals surface area contributed by atoms with Crippen molar-refractivity contribution in [1.29, 1.82) is 0 Å². The maximum absolute atomic E-state index is 13.8. The van der Waals surface area contributed by atoms with E-state index < -0.39 is 0 Å². The quantitative estimate of drug-likeness (QED) is 0.262. The van der Waals surface area contributed by atoms with Gasteiger partial charge in [-0.05, 0) is 80.7 Å². The second kappa shape index (κ2) is 12.5. The largest absolute Gasteiger partial charge is 0.497 e. The number of aromatic nitrogens is 3. The van der Waals surface area contributed by atoms with E-state index in [-0.39, 0.29) is 17.7 Å². The Bertz CT molecular complexity index is 1650. The van der Waals surface area contributed by atoms with Gasteiger partial charge in [0, 0.05) is 54.0 Å². The molecule has 3 heterocycles. The number of nitrogens with zero attached hydrogens (tertiary/aromatic N) is 4. The first kappa shape index (κ1) is 29.3. The summed E-state index contributed by atoms with van der Waals surface area (Å²) in [5.74, 6) is 0.754. The van der Waals surface area contributed by atoms with Gasteiger partial charge in [-0.15, -0.1) is 0 Å². The van der Waals surface area contributed by atoms with Crippen LogP contribution in [0.5, 0.6) is 5.75 Å². The first-order chi connectivity index (χ1) is 20.8. The molecule has 1 atom stereocenters. The third-order valence-corrected chi connectivity index (χ3v) is 9.35. The van der Waals surface area contributed by atoms with Gasteiger partial charge in [-0.1, -0.05) is 25.3 Å². The minimum absolute atomic E-state index is 0.00961. The molecule has 10 heteroatoms. The lowest BCUT2D eigenvalue weighted by atomic mass is 9.81. The molecule has 1 unspecified atom stereocenters. The standard InChI is InChI=1S/C33H40N6O3S/c1-37(2)43-36-33(41)22-10-12-28-29(16-22)39-18-24(32(40)34-17-25-19-38(3)20-35-25)14-23-15-26(42-4)11-13-27(23)31(39)30(28)21-8-6-5-7-9-21/h10-13,15-16,19-21,24H,5-9,14,17-18H2,1-4H3,(H,34,40)(H,36,41). The first-order valence-electron chi connectivity index (χ1n) is 15.0. The minimum Gasteiger partial charge on any atom is -0.497 e. The molecule has 2 aromatic heterocycles. The van der Waals surface area contributed by atoms with Crippen LogP contribution in [0.2, 0.25) is 0 Å². The van der Waals surface area contributed by atoms with Crippen molar-refractivity contribution in [2.24, 2.45) is 13.0 Å². The molecule has 2 aromatic carbocycles. The smallest absolute Gasteiger partial charge is 0.262 e. The van der Waals surface area contributed by atoms with Gasteiger partial charge in [-0.2, -0.15) is 0 Å². The van der Waals surface area contributed by atoms with Crippen LogP contribution in [-0.2, 0) is 31.4 Å². The number of hydrogen-bond donors (Lipinski definition) is 2. The Morgan fingerprint density at radius 3 is 2.65 bits per heavy atom. The molecule has 4 aromatic rings. The average molecular weight is 601 g/mol. The second-order valence-corrected chi connectivity index (χ2v) is 13.1. The van der Waals surface area contributed by atoms with E-state index in [1.807, 2.05) is 54.4 Å². The molecule has 2 aliphatic rings. The molecule has 1 aliphatic carbocycles. The monoisotopic (exact) mass is 600 g/mol. The predicted octanol–water partition coefficient (Wildman–Crippen LogP) is 5.44. The van der Waals surface area contributed by atoms with Crippen molar-refractivity contribution < 1.29 is 14.3 Å². The number of hydrogen-bond acceptors (Lipinski definition) is 6. The Hall–Kier alpha value is -3.76. The minimum atomic E-state index is -0.313. The van der Waals surface area contributed by atoms with E-state index in [0.29, 0.717) is 31.0 Å². The van der Waals surface area contributed by atoms with E-state index in [0.717, 1.165) is 40.9 Å². The maximum atomic E-state index is 13.8. The third-order valence-electron chi connectivity index (χ3n) is 8.71. The van der Waals surface area contributed by atoms with Crippen molar-refractivity contribution in [2.45, 2.75) is 57.5 Å². The molecule has 0 radical (unpaired) electrons. The van der Waals surface area contributed by atoms with E-state index >= 15 is 0 Å². The summed E-state index contributed by atoms with van der Waals surface area (Å²) >= 11 is 1.26. The van der Waals surface area contributed by atoms with Gasteiger partial charge in [0.2, 0.25) is 5.91 Å². The Morgan fingerprint density at radius 1 is 1.12 bits per heavy atom. The zero-order chi connectivity index (χ0) is 30.1. The molecule has 1 fully saturated rings. The van der Waals surface area contributed by atoms with Crippen molar-refractivity contribution in [3.8, 4) is 17.0 Å². The van der Waals surface area contributed by atoms with E-state index in [4.69, 9.17) is 4.74 Å². The lowest BCUT2D eigenvalue weighted by molar-refractivity contribution is -0.125. The highest BCUT2D eigenvalue weighted by molar-refractivity contribution is 7.95. The molecule has 0 saturated heterocycles. The highest BCUT2D eigenvalue weighted by atomic mass is 32.2. The molecule has 9 nitrogen and oxygen atoms in total. The number of aryl methyl sites for hydroxylation is 1. The van der Waals surface area contributed by atoms with Crippen LogP contribution >= 0.6 is 12.1 Å². The molecule has 1 saturated carbocycles. The number of benzene rings is 2. The van der Waals surface area contributed by atoms with E-state index in [1.54, 1.807) is 13.4 Å². The number of carbonyl (C=O) groups excluding carboxylic acids is 2. The summed E-state index contributed by atoms with van der Waals surface area (Å²) < 4.78 is 14.6. The summed E-state index contributed by atoms with van der Waals surface area (Å²) in [5.41, 5.74) is 7.22. The summed E-state index contributed by atoms with van der Waals surface area (Å²) in [6, 6.07) is 12.3. The third kappa shape index (κ3) is 6.03. The number of carbonyl (C=O) groups is 2. The van der Waals surface area contributed by atoms with Gasteiger partial charge in [0.15, 0.2) is 0 Å². The molecule has 0 spiro atoms. The molecule has 1 aliphatic heterocycles. The molecule has 0 bridgehead atoms. The molecular formula is C33H40N6O3S. The highest BCUT2D eigenvalue weighted by Gasteiger charge is 2.33. The van der Waals surface area contributed by atoms with Crippen molar-refractivity contribution in [3.63, 3.8) is 0 Å². The van der Waals surface area contributed by atoms with Crippen molar-refractivity contribution in [3.05, 3.63) is 71.3 Å². The van der Waals surface area contributed by atoms with Crippen LogP contribution in [0.3, 0.4) is 0 Å². The fourth-order valence-electron chi connectivity index (χ4n) is 6.70. The number of amides is 2. The van der Waals surface area contributed by atoms with Crippen LogP contribution in [0.25, 0.3) is 22.2 Å². The number of nitrogens with one attached hydrogen (secondary N) is 2. The average Bonchev–Trinajstić information content (AvgIpc) is 3.53. The fourth-order valence-corrected chi connectivity index (χ4v) is 7.08. The van der Waals surface area contributed by atoms with Gasteiger partial charge in [0.1, 0.15) is 5.75 Å². The summed E-state index contributed by atoms with van der Waals surface area (Å²) in [6.07, 6.45) is 10.2. The fraction of sp³-hybridized carbons (Fsp3) is 0.424. The Kier molecular flexibility index (Phi) is 8.50.